The standard InChI is InChI=1S/C19H16ClFN4O/c1-11(18-8-19(26-24-18)12-2-3-12)10-25-5-4-17(23-25)13-6-15(20)14(9-22)16(21)7-13/h4-8,11-12H,2-3,10H2,1H3. The summed E-state index contributed by atoms with van der Waals surface area (Å²) in [6.45, 7) is 2.69. The smallest absolute Gasteiger partial charge is 0.143 e. The van der Waals surface area contributed by atoms with E-state index in [0.29, 0.717) is 23.7 Å². The van der Waals surface area contributed by atoms with Crippen molar-refractivity contribution in [3.05, 3.63) is 58.3 Å². The van der Waals surface area contributed by atoms with Crippen LogP contribution in [0.25, 0.3) is 11.3 Å². The van der Waals surface area contributed by atoms with Gasteiger partial charge in [0.25, 0.3) is 0 Å². The van der Waals surface area contributed by atoms with Crippen molar-refractivity contribution in [1.29, 1.82) is 5.26 Å². The van der Waals surface area contributed by atoms with Gasteiger partial charge in [0.15, 0.2) is 0 Å². The lowest BCUT2D eigenvalue weighted by Gasteiger charge is -2.08. The number of rotatable bonds is 5. The fourth-order valence-electron chi connectivity index (χ4n) is 2.92. The maximum absolute atomic E-state index is 13.9. The Morgan fingerprint density at radius 1 is 1.42 bits per heavy atom. The Balaban J connectivity index is 1.51. The van der Waals surface area contributed by atoms with E-state index in [1.165, 1.54) is 18.9 Å². The minimum atomic E-state index is -0.645. The second-order valence-corrected chi connectivity index (χ2v) is 7.09. The lowest BCUT2D eigenvalue weighted by atomic mass is 10.1. The third-order valence-electron chi connectivity index (χ3n) is 4.58. The monoisotopic (exact) mass is 370 g/mol. The maximum atomic E-state index is 13.9. The summed E-state index contributed by atoms with van der Waals surface area (Å²) in [6.07, 6.45) is 4.18. The molecule has 1 atom stereocenters. The van der Waals surface area contributed by atoms with E-state index < -0.39 is 5.82 Å². The van der Waals surface area contributed by atoms with Crippen molar-refractivity contribution in [1.82, 2.24) is 14.9 Å². The topological polar surface area (TPSA) is 67.6 Å². The molecule has 0 radical (unpaired) electrons. The number of benzene rings is 1. The van der Waals surface area contributed by atoms with Gasteiger partial charge in [-0.3, -0.25) is 4.68 Å². The Bertz CT molecular complexity index is 976. The fourth-order valence-corrected chi connectivity index (χ4v) is 3.17. The predicted octanol–water partition coefficient (Wildman–Crippen LogP) is 4.88. The summed E-state index contributed by atoms with van der Waals surface area (Å²) < 4.78 is 21.1. The molecule has 0 saturated heterocycles. The molecular formula is C19H16ClFN4O. The van der Waals surface area contributed by atoms with Crippen LogP contribution in [0.5, 0.6) is 0 Å². The van der Waals surface area contributed by atoms with Crippen molar-refractivity contribution in [2.75, 3.05) is 0 Å². The zero-order valence-corrected chi connectivity index (χ0v) is 14.9. The number of hydrogen-bond acceptors (Lipinski definition) is 4. The molecule has 7 heteroatoms. The van der Waals surface area contributed by atoms with Crippen molar-refractivity contribution < 1.29 is 8.91 Å². The zero-order valence-electron chi connectivity index (χ0n) is 14.1. The molecule has 0 aliphatic heterocycles. The summed E-state index contributed by atoms with van der Waals surface area (Å²) in [5.74, 6) is 1.000. The van der Waals surface area contributed by atoms with Gasteiger partial charge in [0.1, 0.15) is 23.2 Å². The Labute approximate surface area is 155 Å². The van der Waals surface area contributed by atoms with Gasteiger partial charge in [-0.05, 0) is 31.0 Å². The quantitative estimate of drug-likeness (QED) is 0.641. The molecule has 132 valence electrons. The molecule has 0 spiro atoms. The molecule has 1 fully saturated rings. The Hall–Kier alpha value is -2.65. The van der Waals surface area contributed by atoms with Crippen LogP contribution in [0.2, 0.25) is 5.02 Å². The molecule has 4 rings (SSSR count). The van der Waals surface area contributed by atoms with E-state index >= 15 is 0 Å². The van der Waals surface area contributed by atoms with Crippen LogP contribution < -0.4 is 0 Å². The van der Waals surface area contributed by atoms with Crippen molar-refractivity contribution in [3.63, 3.8) is 0 Å². The molecule has 1 aromatic carbocycles. The summed E-state index contributed by atoms with van der Waals surface area (Å²) in [5.41, 5.74) is 1.90. The average Bonchev–Trinajstić information content (AvgIpc) is 3.16. The van der Waals surface area contributed by atoms with E-state index in [-0.39, 0.29) is 16.5 Å². The van der Waals surface area contributed by atoms with E-state index in [9.17, 15) is 4.39 Å². The summed E-state index contributed by atoms with van der Waals surface area (Å²) in [6, 6.07) is 8.41. The average molecular weight is 371 g/mol. The normalized spacial score (nSPS) is 15.0. The molecular weight excluding hydrogens is 355 g/mol. The zero-order chi connectivity index (χ0) is 18.3. The third-order valence-corrected chi connectivity index (χ3v) is 4.88. The van der Waals surface area contributed by atoms with Crippen LogP contribution in [0.1, 0.15) is 48.6 Å². The number of halogens is 2. The lowest BCUT2D eigenvalue weighted by molar-refractivity contribution is 0.370. The van der Waals surface area contributed by atoms with E-state index in [1.54, 1.807) is 22.9 Å². The van der Waals surface area contributed by atoms with Crippen LogP contribution in [0.4, 0.5) is 4.39 Å². The molecule has 1 unspecified atom stereocenters. The molecule has 0 amide bonds. The summed E-state index contributed by atoms with van der Waals surface area (Å²) in [7, 11) is 0. The van der Waals surface area contributed by atoms with Crippen molar-refractivity contribution in [3.8, 4) is 17.3 Å². The molecule has 1 aliphatic rings. The van der Waals surface area contributed by atoms with Crippen LogP contribution in [-0.2, 0) is 6.54 Å². The number of hydrogen-bond donors (Lipinski definition) is 0. The fraction of sp³-hybridized carbons (Fsp3) is 0.316. The van der Waals surface area contributed by atoms with Crippen molar-refractivity contribution in [2.24, 2.45) is 0 Å². The molecule has 3 aromatic rings. The molecule has 2 heterocycles. The van der Waals surface area contributed by atoms with Crippen LogP contribution in [0.3, 0.4) is 0 Å². The molecule has 0 N–H and O–H groups in total. The van der Waals surface area contributed by atoms with Crippen LogP contribution in [-0.4, -0.2) is 14.9 Å². The van der Waals surface area contributed by atoms with E-state index in [1.807, 2.05) is 12.3 Å². The number of aromatic nitrogens is 3. The summed E-state index contributed by atoms with van der Waals surface area (Å²) in [4.78, 5) is 0. The highest BCUT2D eigenvalue weighted by atomic mass is 35.5. The number of nitriles is 1. The van der Waals surface area contributed by atoms with Crippen molar-refractivity contribution >= 4 is 11.6 Å². The van der Waals surface area contributed by atoms with Gasteiger partial charge in [0.05, 0.1) is 16.4 Å². The molecule has 26 heavy (non-hydrogen) atoms. The summed E-state index contributed by atoms with van der Waals surface area (Å²) >= 11 is 5.97. The SMILES string of the molecule is CC(Cn1ccc(-c2cc(F)c(C#N)c(Cl)c2)n1)c1cc(C2CC2)on1. The first-order chi connectivity index (χ1) is 12.5. The van der Waals surface area contributed by atoms with Crippen LogP contribution in [0, 0.1) is 17.1 Å². The second-order valence-electron chi connectivity index (χ2n) is 6.68. The van der Waals surface area contributed by atoms with E-state index in [2.05, 4.69) is 17.2 Å². The summed E-state index contributed by atoms with van der Waals surface area (Å²) in [5, 5.41) is 17.6. The first kappa shape index (κ1) is 16.8. The minimum Gasteiger partial charge on any atom is -0.361 e. The van der Waals surface area contributed by atoms with Gasteiger partial charge in [0, 0.05) is 36.2 Å². The second kappa shape index (κ2) is 6.58. The van der Waals surface area contributed by atoms with Gasteiger partial charge >= 0.3 is 0 Å². The predicted molar refractivity (Wildman–Crippen MR) is 94.2 cm³/mol. The van der Waals surface area contributed by atoms with Crippen LogP contribution >= 0.6 is 11.6 Å². The van der Waals surface area contributed by atoms with Gasteiger partial charge in [-0.25, -0.2) is 4.39 Å². The molecule has 0 bridgehead atoms. The third kappa shape index (κ3) is 3.23. The maximum Gasteiger partial charge on any atom is 0.143 e. The lowest BCUT2D eigenvalue weighted by Crippen LogP contribution is -2.07. The van der Waals surface area contributed by atoms with Crippen molar-refractivity contribution in [2.45, 2.75) is 38.1 Å². The Kier molecular flexibility index (Phi) is 4.25. The molecule has 2 aromatic heterocycles. The first-order valence-corrected chi connectivity index (χ1v) is 8.82. The molecule has 5 nitrogen and oxygen atoms in total. The molecule has 1 saturated carbocycles. The highest BCUT2D eigenvalue weighted by Crippen LogP contribution is 2.40. The van der Waals surface area contributed by atoms with E-state index in [4.69, 9.17) is 21.4 Å². The first-order valence-electron chi connectivity index (χ1n) is 8.44. The Morgan fingerprint density at radius 3 is 2.92 bits per heavy atom. The number of nitrogens with zero attached hydrogens (tertiary/aromatic N) is 4. The highest BCUT2D eigenvalue weighted by Gasteiger charge is 2.28. The van der Waals surface area contributed by atoms with Gasteiger partial charge in [-0.1, -0.05) is 23.7 Å². The van der Waals surface area contributed by atoms with Gasteiger partial charge in [-0.2, -0.15) is 10.4 Å². The molecule has 1 aliphatic carbocycles. The highest BCUT2D eigenvalue weighted by molar-refractivity contribution is 6.32. The largest absolute Gasteiger partial charge is 0.361 e. The Morgan fingerprint density at radius 2 is 2.23 bits per heavy atom. The van der Waals surface area contributed by atoms with Gasteiger partial charge < -0.3 is 4.52 Å². The minimum absolute atomic E-state index is 0.0839. The van der Waals surface area contributed by atoms with E-state index in [0.717, 1.165) is 11.5 Å². The van der Waals surface area contributed by atoms with Gasteiger partial charge in [-0.15, -0.1) is 0 Å². The van der Waals surface area contributed by atoms with Crippen LogP contribution in [0.15, 0.2) is 35.0 Å². The van der Waals surface area contributed by atoms with Gasteiger partial charge in [0.2, 0.25) is 0 Å².